The molecule has 0 heterocycles. The van der Waals surface area contributed by atoms with E-state index in [1.807, 2.05) is 0 Å². The van der Waals surface area contributed by atoms with Crippen LogP contribution in [-0.4, -0.2) is 36.4 Å². The molecule has 1 atom stereocenters. The van der Waals surface area contributed by atoms with Gasteiger partial charge in [-0.1, -0.05) is 32.6 Å². The van der Waals surface area contributed by atoms with Gasteiger partial charge in [-0.3, -0.25) is 4.79 Å². The second-order valence-electron chi connectivity index (χ2n) is 3.78. The van der Waals surface area contributed by atoms with E-state index in [9.17, 15) is 18.0 Å². The van der Waals surface area contributed by atoms with Crippen LogP contribution in [0.5, 0.6) is 0 Å². The summed E-state index contributed by atoms with van der Waals surface area (Å²) < 4.78 is 36.2. The third-order valence-corrected chi connectivity index (χ3v) is 2.12. The zero-order chi connectivity index (χ0) is 15.5. The first kappa shape index (κ1) is 20.0. The molecular weight excluding hydrogens is 267 g/mol. The van der Waals surface area contributed by atoms with Crippen LogP contribution in [0, 0.1) is 0 Å². The van der Waals surface area contributed by atoms with E-state index in [1.165, 1.54) is 20.0 Å². The van der Waals surface area contributed by atoms with Crippen molar-refractivity contribution in [2.45, 2.75) is 51.2 Å². The van der Waals surface area contributed by atoms with Crippen molar-refractivity contribution in [3.8, 4) is 0 Å². The largest absolute Gasteiger partial charge is 0.490 e. The first-order valence-electron chi connectivity index (χ1n) is 5.80. The topological polar surface area (TPSA) is 89.6 Å². The Morgan fingerprint density at radius 1 is 1.26 bits per heavy atom. The normalized spacial score (nSPS) is 12.1. The number of hydrogen-bond acceptors (Lipinski definition) is 4. The monoisotopic (exact) mass is 287 g/mol. The van der Waals surface area contributed by atoms with Gasteiger partial charge in [0.05, 0.1) is 7.11 Å². The van der Waals surface area contributed by atoms with Crippen LogP contribution in [0.15, 0.2) is 0 Å². The molecule has 5 nitrogen and oxygen atoms in total. The Kier molecular flexibility index (Phi) is 11.2. The molecule has 0 bridgehead atoms. The number of hydrogen-bond donors (Lipinski definition) is 2. The van der Waals surface area contributed by atoms with Gasteiger partial charge >= 0.3 is 18.1 Å². The van der Waals surface area contributed by atoms with Crippen molar-refractivity contribution >= 4 is 11.9 Å². The van der Waals surface area contributed by atoms with Crippen LogP contribution in [0.3, 0.4) is 0 Å². The summed E-state index contributed by atoms with van der Waals surface area (Å²) in [5.41, 5.74) is 5.54. The number of alkyl halides is 3. The third kappa shape index (κ3) is 12.9. The van der Waals surface area contributed by atoms with Crippen molar-refractivity contribution in [3.05, 3.63) is 0 Å². The molecule has 19 heavy (non-hydrogen) atoms. The van der Waals surface area contributed by atoms with Gasteiger partial charge in [-0.05, 0) is 6.42 Å². The summed E-state index contributed by atoms with van der Waals surface area (Å²) in [6.07, 6.45) is 0.249. The number of esters is 1. The minimum Gasteiger partial charge on any atom is -0.475 e. The second-order valence-corrected chi connectivity index (χ2v) is 3.78. The number of nitrogens with two attached hydrogens (primary N) is 1. The molecule has 0 aromatic heterocycles. The molecule has 0 aliphatic heterocycles. The van der Waals surface area contributed by atoms with Crippen LogP contribution in [0.25, 0.3) is 0 Å². The summed E-state index contributed by atoms with van der Waals surface area (Å²) in [6.45, 7) is 2.15. The van der Waals surface area contributed by atoms with Crippen molar-refractivity contribution in [2.24, 2.45) is 5.73 Å². The lowest BCUT2D eigenvalue weighted by atomic mass is 10.1. The van der Waals surface area contributed by atoms with Gasteiger partial charge in [0, 0.05) is 0 Å². The third-order valence-electron chi connectivity index (χ3n) is 2.12. The molecule has 0 aromatic carbocycles. The fourth-order valence-corrected chi connectivity index (χ4v) is 1.06. The fourth-order valence-electron chi connectivity index (χ4n) is 1.06. The van der Waals surface area contributed by atoms with E-state index in [2.05, 4.69) is 11.7 Å². The summed E-state index contributed by atoms with van der Waals surface area (Å²) >= 11 is 0. The standard InChI is InChI=1S/C9H19NO2.C2HF3O2/c1-3-4-5-6-7-8(10)9(11)12-2;3-2(4,5)1(6)7/h8H,3-7,10H2,1-2H3;(H,6,7)/t8-;/m0./s1. The Morgan fingerprint density at radius 3 is 2.05 bits per heavy atom. The Balaban J connectivity index is 0. The van der Waals surface area contributed by atoms with Gasteiger partial charge in [-0.2, -0.15) is 13.2 Å². The van der Waals surface area contributed by atoms with Crippen LogP contribution >= 0.6 is 0 Å². The number of aliphatic carboxylic acids is 1. The lowest BCUT2D eigenvalue weighted by Gasteiger charge is -2.07. The molecule has 8 heteroatoms. The maximum Gasteiger partial charge on any atom is 0.490 e. The predicted molar refractivity (Wildman–Crippen MR) is 62.4 cm³/mol. The summed E-state index contributed by atoms with van der Waals surface area (Å²) in [6, 6.07) is -0.424. The molecule has 0 radical (unpaired) electrons. The molecule has 0 saturated heterocycles. The summed E-state index contributed by atoms with van der Waals surface area (Å²) in [4.78, 5) is 19.7. The van der Waals surface area contributed by atoms with Gasteiger partial charge in [-0.15, -0.1) is 0 Å². The van der Waals surface area contributed by atoms with E-state index >= 15 is 0 Å². The molecule has 0 amide bonds. The molecule has 0 aromatic rings. The van der Waals surface area contributed by atoms with E-state index in [-0.39, 0.29) is 5.97 Å². The zero-order valence-corrected chi connectivity index (χ0v) is 11.0. The highest BCUT2D eigenvalue weighted by molar-refractivity contribution is 5.75. The maximum atomic E-state index is 10.8. The molecule has 3 N–H and O–H groups in total. The molecule has 0 spiro atoms. The minimum absolute atomic E-state index is 0.300. The van der Waals surface area contributed by atoms with Crippen molar-refractivity contribution in [3.63, 3.8) is 0 Å². The Bertz CT molecular complexity index is 269. The molecule has 0 saturated carbocycles. The number of carbonyl (C=O) groups excluding carboxylic acids is 1. The fraction of sp³-hybridized carbons (Fsp3) is 0.818. The number of carboxylic acid groups (broad SMARTS) is 1. The van der Waals surface area contributed by atoms with Crippen molar-refractivity contribution in [1.29, 1.82) is 0 Å². The summed E-state index contributed by atoms with van der Waals surface area (Å²) in [5, 5.41) is 7.12. The average Bonchev–Trinajstić information content (AvgIpc) is 2.32. The van der Waals surface area contributed by atoms with E-state index in [4.69, 9.17) is 15.6 Å². The SMILES string of the molecule is CCCCCC[C@H](N)C(=O)OC.O=C(O)C(F)(F)F. The van der Waals surface area contributed by atoms with E-state index < -0.39 is 18.2 Å². The molecule has 0 fully saturated rings. The number of methoxy groups -OCH3 is 1. The molecule has 114 valence electrons. The number of carboxylic acids is 1. The average molecular weight is 287 g/mol. The van der Waals surface area contributed by atoms with E-state index in [0.717, 1.165) is 19.3 Å². The number of ether oxygens (including phenoxy) is 1. The number of rotatable bonds is 6. The highest BCUT2D eigenvalue weighted by Gasteiger charge is 2.38. The molecular formula is C11H20F3NO4. The smallest absolute Gasteiger partial charge is 0.475 e. The van der Waals surface area contributed by atoms with E-state index in [0.29, 0.717) is 0 Å². The lowest BCUT2D eigenvalue weighted by molar-refractivity contribution is -0.192. The van der Waals surface area contributed by atoms with Gasteiger partial charge in [-0.25, -0.2) is 4.79 Å². The van der Waals surface area contributed by atoms with Gasteiger partial charge in [0.25, 0.3) is 0 Å². The van der Waals surface area contributed by atoms with Crippen LogP contribution < -0.4 is 5.73 Å². The summed E-state index contributed by atoms with van der Waals surface area (Å²) in [5.74, 6) is -3.06. The number of carbonyl (C=O) groups is 2. The molecule has 0 rings (SSSR count). The number of unbranched alkanes of at least 4 members (excludes halogenated alkanes) is 3. The Hall–Kier alpha value is -1.31. The summed E-state index contributed by atoms with van der Waals surface area (Å²) in [7, 11) is 1.37. The molecule has 0 unspecified atom stereocenters. The van der Waals surface area contributed by atoms with Crippen LogP contribution in [-0.2, 0) is 14.3 Å². The van der Waals surface area contributed by atoms with Crippen LogP contribution in [0.1, 0.15) is 39.0 Å². The van der Waals surface area contributed by atoms with Gasteiger partial charge in [0.15, 0.2) is 0 Å². The van der Waals surface area contributed by atoms with Crippen LogP contribution in [0.4, 0.5) is 13.2 Å². The van der Waals surface area contributed by atoms with Gasteiger partial charge in [0.1, 0.15) is 6.04 Å². The minimum atomic E-state index is -5.08. The predicted octanol–water partition coefficient (Wildman–Crippen LogP) is 2.09. The lowest BCUT2D eigenvalue weighted by Crippen LogP contribution is -2.31. The highest BCUT2D eigenvalue weighted by atomic mass is 19.4. The molecule has 0 aliphatic rings. The van der Waals surface area contributed by atoms with E-state index in [1.54, 1.807) is 0 Å². The zero-order valence-electron chi connectivity index (χ0n) is 11.0. The first-order valence-corrected chi connectivity index (χ1v) is 5.80. The van der Waals surface area contributed by atoms with Gasteiger partial charge < -0.3 is 15.6 Å². The maximum absolute atomic E-state index is 10.8. The van der Waals surface area contributed by atoms with Crippen molar-refractivity contribution in [2.75, 3.05) is 7.11 Å². The quantitative estimate of drug-likeness (QED) is 0.576. The van der Waals surface area contributed by atoms with Crippen molar-refractivity contribution in [1.82, 2.24) is 0 Å². The highest BCUT2D eigenvalue weighted by Crippen LogP contribution is 2.13. The van der Waals surface area contributed by atoms with Crippen LogP contribution in [0.2, 0.25) is 0 Å². The van der Waals surface area contributed by atoms with Gasteiger partial charge in [0.2, 0.25) is 0 Å². The number of halogens is 3. The second kappa shape index (κ2) is 10.6. The van der Waals surface area contributed by atoms with Crippen molar-refractivity contribution < 1.29 is 32.6 Å². The Labute approximate surface area is 109 Å². The first-order chi connectivity index (χ1) is 8.66. The Morgan fingerprint density at radius 2 is 1.74 bits per heavy atom. The molecule has 0 aliphatic carbocycles.